The fourth-order valence-corrected chi connectivity index (χ4v) is 2.50. The van der Waals surface area contributed by atoms with Crippen LogP contribution in [0.15, 0.2) is 66.7 Å². The molecule has 3 aromatic carbocycles. The van der Waals surface area contributed by atoms with Crippen LogP contribution >= 0.6 is 0 Å². The normalized spacial score (nSPS) is 9.40. The standard InChI is InChI=1S/C9H12.2C8H10/c1-7-4-8(2)6-9(3)5-7;1-7-3-5-8(2)6-4-7;1-7-5-3-4-6-8(7)2/h4-6H,1-3H3;2*3-6H,1-2H3. The van der Waals surface area contributed by atoms with Gasteiger partial charge in [0.25, 0.3) is 0 Å². The summed E-state index contributed by atoms with van der Waals surface area (Å²) in [6.45, 7) is 14.8. The molecule has 132 valence electrons. The molecule has 0 aliphatic heterocycles. The molecule has 0 unspecified atom stereocenters. The molecule has 0 fully saturated rings. The van der Waals surface area contributed by atoms with E-state index in [0.717, 1.165) is 0 Å². The molecule has 0 atom stereocenters. The number of hydrogen-bond donors (Lipinski definition) is 0. The molecule has 0 N–H and O–H groups in total. The maximum atomic E-state index is 2.19. The Morgan fingerprint density at radius 3 is 0.880 bits per heavy atom. The highest BCUT2D eigenvalue weighted by Crippen LogP contribution is 2.06. The van der Waals surface area contributed by atoms with Gasteiger partial charge in [-0.2, -0.15) is 0 Å². The fourth-order valence-electron chi connectivity index (χ4n) is 2.50. The van der Waals surface area contributed by atoms with Crippen molar-refractivity contribution in [2.24, 2.45) is 0 Å². The van der Waals surface area contributed by atoms with Crippen molar-refractivity contribution in [2.75, 3.05) is 0 Å². The third kappa shape index (κ3) is 8.91. The lowest BCUT2D eigenvalue weighted by molar-refractivity contribution is 1.32. The summed E-state index contributed by atoms with van der Waals surface area (Å²) < 4.78 is 0. The van der Waals surface area contributed by atoms with Gasteiger partial charge in [0.05, 0.1) is 0 Å². The van der Waals surface area contributed by atoms with Gasteiger partial charge >= 0.3 is 0 Å². The second-order valence-corrected chi connectivity index (χ2v) is 6.90. The van der Waals surface area contributed by atoms with Crippen LogP contribution in [0.3, 0.4) is 0 Å². The maximum Gasteiger partial charge on any atom is -0.0395 e. The molecule has 3 rings (SSSR count). The van der Waals surface area contributed by atoms with E-state index in [2.05, 4.69) is 115 Å². The van der Waals surface area contributed by atoms with E-state index < -0.39 is 0 Å². The van der Waals surface area contributed by atoms with Gasteiger partial charge in [0.15, 0.2) is 0 Å². The SMILES string of the molecule is Cc1cc(C)cc(C)c1.Cc1ccc(C)cc1.Cc1ccccc1C. The largest absolute Gasteiger partial charge is 0.0620 e. The van der Waals surface area contributed by atoms with Gasteiger partial charge in [-0.15, -0.1) is 0 Å². The average molecular weight is 333 g/mol. The molecule has 25 heavy (non-hydrogen) atoms. The molecule has 0 bridgehead atoms. The van der Waals surface area contributed by atoms with E-state index in [-0.39, 0.29) is 0 Å². The van der Waals surface area contributed by atoms with Crippen molar-refractivity contribution < 1.29 is 0 Å². The first-order chi connectivity index (χ1) is 11.8. The van der Waals surface area contributed by atoms with E-state index in [0.29, 0.717) is 0 Å². The third-order valence-electron chi connectivity index (χ3n) is 4.01. The van der Waals surface area contributed by atoms with Crippen LogP contribution in [0, 0.1) is 48.5 Å². The number of rotatable bonds is 0. The zero-order chi connectivity index (χ0) is 18.8. The first kappa shape index (κ1) is 20.7. The quantitative estimate of drug-likeness (QED) is 0.407. The second kappa shape index (κ2) is 10.5. The molecule has 0 aliphatic carbocycles. The Morgan fingerprint density at radius 1 is 0.360 bits per heavy atom. The van der Waals surface area contributed by atoms with Gasteiger partial charge in [-0.1, -0.05) is 94.5 Å². The summed E-state index contributed by atoms with van der Waals surface area (Å²) in [7, 11) is 0. The van der Waals surface area contributed by atoms with Crippen LogP contribution < -0.4 is 0 Å². The van der Waals surface area contributed by atoms with Gasteiger partial charge in [0.1, 0.15) is 0 Å². The van der Waals surface area contributed by atoms with Gasteiger partial charge in [0, 0.05) is 0 Å². The van der Waals surface area contributed by atoms with Crippen LogP contribution in [-0.4, -0.2) is 0 Å². The molecule has 0 aromatic heterocycles. The fraction of sp³-hybridized carbons (Fsp3) is 0.280. The Bertz CT molecular complexity index is 672. The Morgan fingerprint density at radius 2 is 0.640 bits per heavy atom. The molecule has 0 saturated heterocycles. The molecule has 0 spiro atoms. The van der Waals surface area contributed by atoms with Crippen molar-refractivity contribution in [3.8, 4) is 0 Å². The highest BCUT2D eigenvalue weighted by Gasteiger charge is 1.87. The van der Waals surface area contributed by atoms with Gasteiger partial charge in [-0.05, 0) is 59.6 Å². The molecule has 0 saturated carbocycles. The Labute approximate surface area is 154 Å². The second-order valence-electron chi connectivity index (χ2n) is 6.90. The van der Waals surface area contributed by atoms with Crippen LogP contribution in [0.5, 0.6) is 0 Å². The van der Waals surface area contributed by atoms with Crippen LogP contribution in [0.1, 0.15) is 38.9 Å². The third-order valence-corrected chi connectivity index (χ3v) is 4.01. The number of benzene rings is 3. The summed E-state index contributed by atoms with van der Waals surface area (Å²) >= 11 is 0. The molecular weight excluding hydrogens is 300 g/mol. The first-order valence-corrected chi connectivity index (χ1v) is 8.88. The van der Waals surface area contributed by atoms with E-state index in [1.165, 1.54) is 38.9 Å². The number of hydrogen-bond acceptors (Lipinski definition) is 0. The summed E-state index contributed by atoms with van der Waals surface area (Å²) in [4.78, 5) is 0. The molecule has 0 aliphatic rings. The monoisotopic (exact) mass is 332 g/mol. The lowest BCUT2D eigenvalue weighted by Gasteiger charge is -1.96. The van der Waals surface area contributed by atoms with Crippen molar-refractivity contribution in [3.05, 3.63) is 106 Å². The van der Waals surface area contributed by atoms with E-state index >= 15 is 0 Å². The highest BCUT2D eigenvalue weighted by atomic mass is 13.9. The van der Waals surface area contributed by atoms with Gasteiger partial charge in [-0.25, -0.2) is 0 Å². The lowest BCUT2D eigenvalue weighted by Crippen LogP contribution is -1.78. The van der Waals surface area contributed by atoms with Crippen molar-refractivity contribution in [2.45, 2.75) is 48.5 Å². The van der Waals surface area contributed by atoms with E-state index in [1.807, 2.05) is 0 Å². The van der Waals surface area contributed by atoms with Crippen LogP contribution in [0.25, 0.3) is 0 Å². The van der Waals surface area contributed by atoms with Crippen LogP contribution in [-0.2, 0) is 0 Å². The molecule has 0 heteroatoms. The predicted molar refractivity (Wildman–Crippen MR) is 112 cm³/mol. The Hall–Kier alpha value is -2.34. The van der Waals surface area contributed by atoms with E-state index in [4.69, 9.17) is 0 Å². The number of aryl methyl sites for hydroxylation is 7. The lowest BCUT2D eigenvalue weighted by atomic mass is 10.1. The summed E-state index contributed by atoms with van der Waals surface area (Å²) in [6.07, 6.45) is 0. The minimum Gasteiger partial charge on any atom is -0.0620 e. The highest BCUT2D eigenvalue weighted by molar-refractivity contribution is 5.27. The van der Waals surface area contributed by atoms with E-state index in [1.54, 1.807) is 0 Å². The van der Waals surface area contributed by atoms with Gasteiger partial charge in [0.2, 0.25) is 0 Å². The topological polar surface area (TPSA) is 0 Å². The molecule has 0 amide bonds. The van der Waals surface area contributed by atoms with Crippen molar-refractivity contribution in [1.29, 1.82) is 0 Å². The van der Waals surface area contributed by atoms with Crippen molar-refractivity contribution in [1.82, 2.24) is 0 Å². The smallest absolute Gasteiger partial charge is 0.0395 e. The molecule has 3 aromatic rings. The average Bonchev–Trinajstić information content (AvgIpc) is 2.53. The van der Waals surface area contributed by atoms with Crippen molar-refractivity contribution >= 4 is 0 Å². The van der Waals surface area contributed by atoms with Crippen LogP contribution in [0.2, 0.25) is 0 Å². The minimum absolute atomic E-state index is 1.33. The predicted octanol–water partition coefficient (Wildman–Crippen LogP) is 7.22. The Kier molecular flexibility index (Phi) is 8.70. The summed E-state index contributed by atoms with van der Waals surface area (Å²) in [6, 6.07) is 23.4. The van der Waals surface area contributed by atoms with Crippen molar-refractivity contribution in [3.63, 3.8) is 0 Å². The minimum atomic E-state index is 1.33. The zero-order valence-corrected chi connectivity index (χ0v) is 16.9. The first-order valence-electron chi connectivity index (χ1n) is 8.88. The Balaban J connectivity index is 0.000000188. The zero-order valence-electron chi connectivity index (χ0n) is 16.9. The maximum absolute atomic E-state index is 2.19. The van der Waals surface area contributed by atoms with Gasteiger partial charge in [-0.3, -0.25) is 0 Å². The molecule has 0 nitrogen and oxygen atoms in total. The summed E-state index contributed by atoms with van der Waals surface area (Å²) in [5.74, 6) is 0. The summed E-state index contributed by atoms with van der Waals surface area (Å²) in [5.41, 5.74) is 9.46. The van der Waals surface area contributed by atoms with Crippen LogP contribution in [0.4, 0.5) is 0 Å². The summed E-state index contributed by atoms with van der Waals surface area (Å²) in [5, 5.41) is 0. The molecule has 0 radical (unpaired) electrons. The van der Waals surface area contributed by atoms with E-state index in [9.17, 15) is 0 Å². The molecular formula is C25H32. The molecule has 0 heterocycles. The van der Waals surface area contributed by atoms with Gasteiger partial charge < -0.3 is 0 Å².